The minimum absolute atomic E-state index is 0. The predicted molar refractivity (Wildman–Crippen MR) is 43.3 cm³/mol. The molecule has 0 bridgehead atoms. The first-order valence-electron chi connectivity index (χ1n) is 3.20. The Morgan fingerprint density at radius 2 is 1.30 bits per heavy atom. The normalized spacial score (nSPS) is 8.40. The Hall–Kier alpha value is 1.06. The second-order valence-corrected chi connectivity index (χ2v) is 2.26. The molecular formula is C8H18NY. The number of hydrogen-bond acceptors (Lipinski definition) is 1. The number of rotatable bonds is 1. The summed E-state index contributed by atoms with van der Waals surface area (Å²) in [5, 5.41) is 0. The first-order valence-corrected chi connectivity index (χ1v) is 3.20. The molecule has 0 fully saturated rings. The first kappa shape index (κ1) is 17.2. The summed E-state index contributed by atoms with van der Waals surface area (Å²) >= 11 is 0. The summed E-state index contributed by atoms with van der Waals surface area (Å²) in [6, 6.07) is 0.463. The molecule has 0 N–H and O–H groups in total. The molecule has 0 radical (unpaired) electrons. The van der Waals surface area contributed by atoms with E-state index in [0.29, 0.717) is 6.04 Å². The fraction of sp³-hybridized carbons (Fsp3) is 0.625. The van der Waals surface area contributed by atoms with E-state index in [4.69, 9.17) is 0 Å². The van der Waals surface area contributed by atoms with E-state index in [1.807, 2.05) is 34.1 Å². The molecule has 0 saturated heterocycles. The summed E-state index contributed by atoms with van der Waals surface area (Å²) in [6.45, 7) is 8.08. The average Bonchev–Trinajstić information content (AvgIpc) is 1.68. The van der Waals surface area contributed by atoms with Gasteiger partial charge >= 0.3 is 32.7 Å². The Balaban J connectivity index is -0.000000107. The predicted octanol–water partition coefficient (Wildman–Crippen LogP) is 2.51. The third-order valence-electron chi connectivity index (χ3n) is 0.730. The van der Waals surface area contributed by atoms with Gasteiger partial charge in [0.2, 0.25) is 0 Å². The van der Waals surface area contributed by atoms with Gasteiger partial charge in [0.15, 0.2) is 0 Å². The summed E-state index contributed by atoms with van der Waals surface area (Å²) in [7, 11) is 7.12. The zero-order chi connectivity index (χ0) is 7.86. The van der Waals surface area contributed by atoms with E-state index in [1.165, 1.54) is 0 Å². The topological polar surface area (TPSA) is 3.24 Å². The molecule has 0 amide bonds. The largest absolute Gasteiger partial charge is 3.00 e. The van der Waals surface area contributed by atoms with Crippen LogP contribution in [0.4, 0.5) is 0 Å². The minimum atomic E-state index is 0. The number of hydrogen-bond donors (Lipinski definition) is 0. The summed E-state index contributed by atoms with van der Waals surface area (Å²) < 4.78 is 0. The molecule has 0 spiro atoms. The van der Waals surface area contributed by atoms with Crippen molar-refractivity contribution in [3.8, 4) is 0 Å². The van der Waals surface area contributed by atoms with Crippen LogP contribution in [0.15, 0.2) is 0 Å². The summed E-state index contributed by atoms with van der Waals surface area (Å²) in [6.07, 6.45) is 2.00. The molecule has 0 aliphatic rings. The molecule has 0 aliphatic carbocycles. The van der Waals surface area contributed by atoms with E-state index in [1.54, 1.807) is 4.90 Å². The second kappa shape index (κ2) is 12.7. The average molecular weight is 217 g/mol. The van der Waals surface area contributed by atoms with Crippen molar-refractivity contribution in [2.45, 2.75) is 33.7 Å². The zero-order valence-corrected chi connectivity index (χ0v) is 10.4. The van der Waals surface area contributed by atoms with E-state index < -0.39 is 0 Å². The molecule has 0 saturated carbocycles. The molecule has 2 heteroatoms. The van der Waals surface area contributed by atoms with Crippen LogP contribution < -0.4 is 0 Å². The van der Waals surface area contributed by atoms with Crippen LogP contribution in [-0.4, -0.2) is 10.9 Å². The van der Waals surface area contributed by atoms with Gasteiger partial charge in [0, 0.05) is 0 Å². The van der Waals surface area contributed by atoms with Crippen LogP contribution in [-0.2, 0) is 32.7 Å². The van der Waals surface area contributed by atoms with Gasteiger partial charge in [-0.15, -0.1) is 0 Å². The van der Waals surface area contributed by atoms with E-state index in [0.717, 1.165) is 0 Å². The van der Waals surface area contributed by atoms with Gasteiger partial charge in [-0.1, -0.05) is 13.8 Å². The van der Waals surface area contributed by atoms with Crippen molar-refractivity contribution in [3.05, 3.63) is 20.5 Å². The molecule has 1 nitrogen and oxygen atoms in total. The summed E-state index contributed by atoms with van der Waals surface area (Å²) in [5.41, 5.74) is 0. The first-order chi connectivity index (χ1) is 4.06. The zero-order valence-electron chi connectivity index (χ0n) is 7.59. The SMILES string of the molecule is C[CH-]C.[CH2-]N([CH2-])C(C)C.[Y+3]. The van der Waals surface area contributed by atoms with Gasteiger partial charge in [0.1, 0.15) is 0 Å². The molecule has 0 heterocycles. The Morgan fingerprint density at radius 3 is 1.30 bits per heavy atom. The molecule has 58 valence electrons. The monoisotopic (exact) mass is 217 g/mol. The fourth-order valence-corrected chi connectivity index (χ4v) is 0. The van der Waals surface area contributed by atoms with Crippen molar-refractivity contribution in [3.63, 3.8) is 0 Å². The van der Waals surface area contributed by atoms with Gasteiger partial charge in [-0.05, 0) is 6.04 Å². The Bertz CT molecular complexity index is 38.5. The molecule has 0 aromatic heterocycles. The Labute approximate surface area is 91.4 Å². The van der Waals surface area contributed by atoms with Crippen molar-refractivity contribution >= 4 is 0 Å². The van der Waals surface area contributed by atoms with Crippen LogP contribution in [0, 0.1) is 20.5 Å². The molecule has 0 unspecified atom stereocenters. The van der Waals surface area contributed by atoms with Crippen molar-refractivity contribution in [1.82, 2.24) is 4.90 Å². The van der Waals surface area contributed by atoms with Gasteiger partial charge in [0.05, 0.1) is 0 Å². The van der Waals surface area contributed by atoms with Crippen molar-refractivity contribution in [1.29, 1.82) is 0 Å². The third kappa shape index (κ3) is 23.0. The molecule has 0 atom stereocenters. The summed E-state index contributed by atoms with van der Waals surface area (Å²) in [4.78, 5) is 1.67. The van der Waals surface area contributed by atoms with E-state index in [9.17, 15) is 0 Å². The quantitative estimate of drug-likeness (QED) is 0.610. The van der Waals surface area contributed by atoms with Crippen molar-refractivity contribution < 1.29 is 32.7 Å². The van der Waals surface area contributed by atoms with Gasteiger partial charge in [-0.25, -0.2) is 0 Å². The van der Waals surface area contributed by atoms with Crippen LogP contribution >= 0.6 is 0 Å². The van der Waals surface area contributed by atoms with Gasteiger partial charge < -0.3 is 25.4 Å². The molecule has 0 rings (SSSR count). The third-order valence-corrected chi connectivity index (χ3v) is 0.730. The van der Waals surface area contributed by atoms with Crippen molar-refractivity contribution in [2.75, 3.05) is 0 Å². The maximum Gasteiger partial charge on any atom is 3.00 e. The number of nitrogens with zero attached hydrogens (tertiary/aromatic N) is 1. The maximum absolute atomic E-state index is 3.56. The Morgan fingerprint density at radius 1 is 1.20 bits per heavy atom. The Kier molecular flexibility index (Phi) is 21.9. The van der Waals surface area contributed by atoms with Gasteiger partial charge in [-0.2, -0.15) is 13.8 Å². The van der Waals surface area contributed by atoms with Crippen LogP contribution in [0.5, 0.6) is 0 Å². The van der Waals surface area contributed by atoms with Crippen LogP contribution in [0.1, 0.15) is 27.7 Å². The molecule has 0 aliphatic heterocycles. The van der Waals surface area contributed by atoms with Crippen molar-refractivity contribution in [2.24, 2.45) is 0 Å². The van der Waals surface area contributed by atoms with E-state index >= 15 is 0 Å². The molecular weight excluding hydrogens is 199 g/mol. The van der Waals surface area contributed by atoms with Crippen LogP contribution in [0.3, 0.4) is 0 Å². The van der Waals surface area contributed by atoms with Gasteiger partial charge in [-0.3, -0.25) is 0 Å². The summed E-state index contributed by atoms with van der Waals surface area (Å²) in [5.74, 6) is 0. The fourth-order valence-electron chi connectivity index (χ4n) is 0. The molecule has 0 aromatic rings. The van der Waals surface area contributed by atoms with E-state index in [-0.39, 0.29) is 32.7 Å². The van der Waals surface area contributed by atoms with Crippen LogP contribution in [0.25, 0.3) is 0 Å². The second-order valence-electron chi connectivity index (χ2n) is 2.26. The maximum atomic E-state index is 3.56. The van der Waals surface area contributed by atoms with E-state index in [2.05, 4.69) is 14.1 Å². The van der Waals surface area contributed by atoms with Gasteiger partial charge in [0.25, 0.3) is 0 Å². The smallest absolute Gasteiger partial charge is 0.608 e. The molecule has 0 aromatic carbocycles. The minimum Gasteiger partial charge on any atom is -0.608 e. The standard InChI is InChI=1S/C5H11N.C3H7.Y/c1-5(2)6(3)4;1-3-2;/h5H,3-4H2,1-2H3;3H,1-2H3;/q-2;-1;+3. The van der Waals surface area contributed by atoms with Crippen LogP contribution in [0.2, 0.25) is 0 Å². The molecule has 10 heavy (non-hydrogen) atoms.